The van der Waals surface area contributed by atoms with Crippen LogP contribution in [0.1, 0.15) is 37.9 Å². The Hall–Kier alpha value is -3.87. The van der Waals surface area contributed by atoms with E-state index in [2.05, 4.69) is 9.88 Å². The summed E-state index contributed by atoms with van der Waals surface area (Å²) in [5.74, 6) is -1.03. The zero-order valence-electron chi connectivity index (χ0n) is 18.7. The van der Waals surface area contributed by atoms with Crippen LogP contribution in [0.4, 0.5) is 5.69 Å². The van der Waals surface area contributed by atoms with Gasteiger partial charge in [0.2, 0.25) is 0 Å². The van der Waals surface area contributed by atoms with Crippen LogP contribution in [-0.4, -0.2) is 49.5 Å². The SMILES string of the molecule is Cc1noc(C)c1S(=O)(=O)Nc1ccc2cc(C(=O)[As]c3ccc(C#N)cc3C(=O)O)n(C)c2c1. The van der Waals surface area contributed by atoms with E-state index in [1.54, 1.807) is 35.9 Å². The maximum absolute atomic E-state index is 13.1. The molecule has 177 valence electrons. The van der Waals surface area contributed by atoms with Crippen LogP contribution in [0, 0.1) is 25.2 Å². The summed E-state index contributed by atoms with van der Waals surface area (Å²) in [6.07, 6.45) is 0. The third-order valence-electron chi connectivity index (χ3n) is 5.33. The van der Waals surface area contributed by atoms with Crippen LogP contribution in [0.15, 0.2) is 51.9 Å². The van der Waals surface area contributed by atoms with Gasteiger partial charge >= 0.3 is 207 Å². The van der Waals surface area contributed by atoms with Gasteiger partial charge in [0.05, 0.1) is 0 Å². The van der Waals surface area contributed by atoms with E-state index in [-0.39, 0.29) is 32.0 Å². The van der Waals surface area contributed by atoms with E-state index in [4.69, 9.17) is 9.78 Å². The molecule has 0 saturated carbocycles. The van der Waals surface area contributed by atoms with Crippen molar-refractivity contribution in [2.24, 2.45) is 7.05 Å². The van der Waals surface area contributed by atoms with Gasteiger partial charge in [0, 0.05) is 0 Å². The second-order valence-corrected chi connectivity index (χ2v) is 11.6. The molecule has 0 aliphatic heterocycles. The van der Waals surface area contributed by atoms with Crippen LogP contribution in [0.25, 0.3) is 10.9 Å². The number of carbonyl (C=O) groups is 2. The van der Waals surface area contributed by atoms with E-state index < -0.39 is 31.7 Å². The summed E-state index contributed by atoms with van der Waals surface area (Å²) in [4.78, 5) is 24.7. The molecule has 2 N–H and O–H groups in total. The Morgan fingerprint density at radius 2 is 1.91 bits per heavy atom. The van der Waals surface area contributed by atoms with Gasteiger partial charge in [0.25, 0.3) is 0 Å². The summed E-state index contributed by atoms with van der Waals surface area (Å²) >= 11 is -1.21. The third kappa shape index (κ3) is 4.58. The minimum atomic E-state index is -3.94. The molecule has 12 heteroatoms. The van der Waals surface area contributed by atoms with Crippen molar-refractivity contribution < 1.29 is 27.6 Å². The van der Waals surface area contributed by atoms with E-state index in [1.165, 1.54) is 32.0 Å². The Morgan fingerprint density at radius 3 is 2.54 bits per heavy atom. The van der Waals surface area contributed by atoms with Crippen LogP contribution in [0.3, 0.4) is 0 Å². The number of anilines is 1. The number of carbonyl (C=O) groups excluding carboxylic acids is 1. The van der Waals surface area contributed by atoms with Crippen LogP contribution >= 0.6 is 0 Å². The van der Waals surface area contributed by atoms with Gasteiger partial charge in [-0.05, 0) is 0 Å². The van der Waals surface area contributed by atoms with Crippen LogP contribution < -0.4 is 9.07 Å². The Bertz CT molecular complexity index is 1640. The molecule has 35 heavy (non-hydrogen) atoms. The molecule has 0 amide bonds. The second-order valence-electron chi connectivity index (χ2n) is 7.69. The molecule has 0 bridgehead atoms. The van der Waals surface area contributed by atoms with Crippen molar-refractivity contribution >= 4 is 57.3 Å². The number of aromatic carboxylic acids is 1. The molecule has 1 radical (unpaired) electrons. The Labute approximate surface area is 206 Å². The molecule has 0 saturated heterocycles. The number of aryl methyl sites for hydroxylation is 3. The summed E-state index contributed by atoms with van der Waals surface area (Å²) in [7, 11) is -2.26. The number of rotatable bonds is 7. The number of fused-ring (bicyclic) bond motifs is 1. The monoisotopic (exact) mass is 553 g/mol. The number of hydrogen-bond donors (Lipinski definition) is 2. The average molecular weight is 553 g/mol. The zero-order chi connectivity index (χ0) is 25.5. The van der Waals surface area contributed by atoms with Gasteiger partial charge in [-0.25, -0.2) is 0 Å². The molecule has 10 nitrogen and oxygen atoms in total. The second kappa shape index (κ2) is 9.06. The Morgan fingerprint density at radius 1 is 1.17 bits per heavy atom. The van der Waals surface area contributed by atoms with Gasteiger partial charge in [0.15, 0.2) is 0 Å². The van der Waals surface area contributed by atoms with Gasteiger partial charge in [-0.1, -0.05) is 0 Å². The van der Waals surface area contributed by atoms with Crippen molar-refractivity contribution in [1.82, 2.24) is 9.72 Å². The first-order valence-corrected chi connectivity index (χ1v) is 13.5. The molecule has 0 unspecified atom stereocenters. The van der Waals surface area contributed by atoms with Gasteiger partial charge < -0.3 is 0 Å². The van der Waals surface area contributed by atoms with E-state index >= 15 is 0 Å². The summed E-state index contributed by atoms with van der Waals surface area (Å²) in [6, 6.07) is 12.7. The third-order valence-corrected chi connectivity index (χ3v) is 9.19. The van der Waals surface area contributed by atoms with Gasteiger partial charge in [0.1, 0.15) is 0 Å². The molecule has 0 spiro atoms. The molecule has 0 fully saturated rings. The fourth-order valence-corrected chi connectivity index (χ4v) is 7.14. The molecule has 2 aromatic heterocycles. The summed E-state index contributed by atoms with van der Waals surface area (Å²) in [5.41, 5.74) is 1.67. The molecular formula is C23H18AsN4O6S. The molecule has 0 aliphatic carbocycles. The first kappa shape index (κ1) is 24.3. The summed E-state index contributed by atoms with van der Waals surface area (Å²) in [5, 5.41) is 22.9. The molecule has 4 rings (SSSR count). The van der Waals surface area contributed by atoms with Gasteiger partial charge in [-0.3, -0.25) is 0 Å². The quantitative estimate of drug-likeness (QED) is 0.331. The van der Waals surface area contributed by atoms with E-state index in [0.717, 1.165) is 5.39 Å². The standard InChI is InChI=1S/C23H18AsN4O6S/c1-12-21(13(2)34-26-12)35(32,33)27-16-6-5-15-9-20(28(3)19(15)10-16)22(29)24-18-7-4-14(11-25)8-17(18)23(30)31/h4-10,27H,1-3H3,(H,30,31). The summed E-state index contributed by atoms with van der Waals surface area (Å²) < 4.78 is 35.0. The first-order chi connectivity index (χ1) is 16.5. The predicted octanol–water partition coefficient (Wildman–Crippen LogP) is 2.32. The number of nitriles is 1. The van der Waals surface area contributed by atoms with Crippen molar-refractivity contribution in [3.63, 3.8) is 0 Å². The van der Waals surface area contributed by atoms with Crippen LogP contribution in [0.5, 0.6) is 0 Å². The minimum absolute atomic E-state index is 0.0268. The average Bonchev–Trinajstić information content (AvgIpc) is 3.32. The van der Waals surface area contributed by atoms with Crippen molar-refractivity contribution in [3.05, 3.63) is 70.7 Å². The van der Waals surface area contributed by atoms with Crippen LogP contribution in [0.2, 0.25) is 0 Å². The molecule has 2 aromatic carbocycles. The normalized spacial score (nSPS) is 11.7. The molecule has 0 atom stereocenters. The topological polar surface area (TPSA) is 155 Å². The maximum atomic E-state index is 13.1. The molecule has 0 aliphatic rings. The summed E-state index contributed by atoms with van der Waals surface area (Å²) in [6.45, 7) is 3.05. The van der Waals surface area contributed by atoms with Crippen LogP contribution in [-0.2, 0) is 17.1 Å². The van der Waals surface area contributed by atoms with Crippen molar-refractivity contribution in [2.45, 2.75) is 18.7 Å². The number of benzene rings is 2. The first-order valence-electron chi connectivity index (χ1n) is 10.1. The molecular weight excluding hydrogens is 535 g/mol. The van der Waals surface area contributed by atoms with E-state index in [0.29, 0.717) is 21.2 Å². The van der Waals surface area contributed by atoms with Crippen molar-refractivity contribution in [2.75, 3.05) is 4.72 Å². The zero-order valence-corrected chi connectivity index (χ0v) is 21.4. The fourth-order valence-electron chi connectivity index (χ4n) is 3.70. The Balaban J connectivity index is 1.65. The van der Waals surface area contributed by atoms with E-state index in [1.807, 2.05) is 6.07 Å². The molecule has 4 aromatic rings. The predicted molar refractivity (Wildman–Crippen MR) is 128 cm³/mol. The number of nitrogens with zero attached hydrogens (tertiary/aromatic N) is 3. The van der Waals surface area contributed by atoms with E-state index in [9.17, 15) is 23.1 Å². The molecule has 2 heterocycles. The van der Waals surface area contributed by atoms with Crippen molar-refractivity contribution in [1.29, 1.82) is 5.26 Å². The number of carboxylic acids is 1. The Kier molecular flexibility index (Phi) is 6.28. The number of carboxylic acid groups (broad SMARTS) is 1. The van der Waals surface area contributed by atoms with Gasteiger partial charge in [-0.2, -0.15) is 0 Å². The number of hydrogen-bond acceptors (Lipinski definition) is 7. The number of sulfonamides is 1. The number of nitrogens with one attached hydrogen (secondary N) is 1. The van der Waals surface area contributed by atoms with Gasteiger partial charge in [-0.15, -0.1) is 0 Å². The number of aromatic nitrogens is 2. The van der Waals surface area contributed by atoms with Crippen molar-refractivity contribution in [3.8, 4) is 6.07 Å². The fraction of sp³-hybridized carbons (Fsp3) is 0.130.